The van der Waals surface area contributed by atoms with E-state index in [1.165, 1.54) is 145 Å². The molecular formula is C48H43NS. The molecule has 2 fully saturated rings. The van der Waals surface area contributed by atoms with Gasteiger partial charge in [-0.25, -0.2) is 0 Å². The molecule has 0 amide bonds. The van der Waals surface area contributed by atoms with Crippen LogP contribution in [-0.2, 0) is 0 Å². The predicted octanol–water partition coefficient (Wildman–Crippen LogP) is 14.6. The standard InChI is InChI=1S/C48H43NS/c1-3-13-32(14-4-1)34-25-27-40-41-28-26-35(33-15-5-2-6-16-33)31-45(41)49(44(40)30-34)43-22-9-7-19-38(43)36-17-11-18-37(29-36)39-21-12-24-47-48(39)42-20-8-10-23-46(42)50-47/h7-12,17-33H,1-6,13-16H2. The van der Waals surface area contributed by atoms with Crippen LogP contribution < -0.4 is 0 Å². The first kappa shape index (κ1) is 30.2. The Morgan fingerprint density at radius 2 is 1.00 bits per heavy atom. The van der Waals surface area contributed by atoms with E-state index in [9.17, 15) is 0 Å². The minimum absolute atomic E-state index is 0.667. The van der Waals surface area contributed by atoms with Crippen molar-refractivity contribution in [2.75, 3.05) is 0 Å². The summed E-state index contributed by atoms with van der Waals surface area (Å²) in [5, 5.41) is 5.46. The van der Waals surface area contributed by atoms with Gasteiger partial charge < -0.3 is 4.57 Å². The Kier molecular flexibility index (Phi) is 7.60. The summed E-state index contributed by atoms with van der Waals surface area (Å²) >= 11 is 1.89. The molecule has 0 N–H and O–H groups in total. The normalized spacial score (nSPS) is 16.2. The minimum Gasteiger partial charge on any atom is -0.309 e. The highest BCUT2D eigenvalue weighted by molar-refractivity contribution is 7.25. The first-order valence-corrected chi connectivity index (χ1v) is 19.8. The van der Waals surface area contributed by atoms with Crippen molar-refractivity contribution in [2.45, 2.75) is 76.0 Å². The van der Waals surface area contributed by atoms with Crippen LogP contribution in [0, 0.1) is 0 Å². The van der Waals surface area contributed by atoms with Crippen molar-refractivity contribution in [3.8, 4) is 27.9 Å². The molecular weight excluding hydrogens is 623 g/mol. The number of hydrogen-bond donors (Lipinski definition) is 0. The molecule has 2 saturated carbocycles. The van der Waals surface area contributed by atoms with Gasteiger partial charge in [-0.15, -0.1) is 11.3 Å². The molecule has 2 heteroatoms. The Labute approximate surface area is 299 Å². The van der Waals surface area contributed by atoms with Crippen LogP contribution in [0.1, 0.15) is 87.2 Å². The molecule has 0 atom stereocenters. The van der Waals surface area contributed by atoms with E-state index in [2.05, 4.69) is 132 Å². The molecule has 1 nitrogen and oxygen atoms in total. The second-order valence-corrected chi connectivity index (χ2v) is 16.0. The summed E-state index contributed by atoms with van der Waals surface area (Å²) in [4.78, 5) is 0. The van der Waals surface area contributed by atoms with Crippen LogP contribution in [0.15, 0.2) is 127 Å². The summed E-state index contributed by atoms with van der Waals surface area (Å²) < 4.78 is 5.32. The third-order valence-electron chi connectivity index (χ3n) is 12.0. The van der Waals surface area contributed by atoms with Crippen molar-refractivity contribution in [3.63, 3.8) is 0 Å². The van der Waals surface area contributed by atoms with Gasteiger partial charge in [0.15, 0.2) is 0 Å². The molecule has 0 aliphatic heterocycles. The lowest BCUT2D eigenvalue weighted by Crippen LogP contribution is -2.05. The monoisotopic (exact) mass is 665 g/mol. The molecule has 2 heterocycles. The van der Waals surface area contributed by atoms with Gasteiger partial charge in [-0.1, -0.05) is 130 Å². The zero-order valence-corrected chi connectivity index (χ0v) is 29.5. The molecule has 0 unspecified atom stereocenters. The molecule has 2 aliphatic rings. The van der Waals surface area contributed by atoms with Gasteiger partial charge in [-0.2, -0.15) is 0 Å². The number of hydrogen-bond acceptors (Lipinski definition) is 1. The summed E-state index contributed by atoms with van der Waals surface area (Å²) in [6, 6.07) is 49.0. The minimum atomic E-state index is 0.667. The van der Waals surface area contributed by atoms with Gasteiger partial charge in [0, 0.05) is 36.5 Å². The molecule has 10 rings (SSSR count). The fourth-order valence-electron chi connectivity index (χ4n) is 9.47. The number of nitrogens with zero attached hydrogens (tertiary/aromatic N) is 1. The van der Waals surface area contributed by atoms with E-state index in [-0.39, 0.29) is 0 Å². The van der Waals surface area contributed by atoms with Crippen molar-refractivity contribution in [1.82, 2.24) is 4.57 Å². The number of rotatable bonds is 5. The molecule has 6 aromatic carbocycles. The highest BCUT2D eigenvalue weighted by Gasteiger charge is 2.22. The van der Waals surface area contributed by atoms with Gasteiger partial charge in [0.2, 0.25) is 0 Å². The van der Waals surface area contributed by atoms with Gasteiger partial charge in [-0.3, -0.25) is 0 Å². The lowest BCUT2D eigenvalue weighted by Gasteiger charge is -2.23. The second-order valence-electron chi connectivity index (χ2n) is 14.9. The quantitative estimate of drug-likeness (QED) is 0.172. The van der Waals surface area contributed by atoms with Crippen LogP contribution >= 0.6 is 11.3 Å². The number of thiophene rings is 1. The molecule has 0 radical (unpaired) electrons. The summed E-state index contributed by atoms with van der Waals surface area (Å²) in [7, 11) is 0. The highest BCUT2D eigenvalue weighted by Crippen LogP contribution is 2.44. The fourth-order valence-corrected chi connectivity index (χ4v) is 10.6. The Balaban J connectivity index is 1.18. The van der Waals surface area contributed by atoms with Crippen LogP contribution in [0.3, 0.4) is 0 Å². The largest absolute Gasteiger partial charge is 0.309 e. The molecule has 0 bridgehead atoms. The zero-order chi connectivity index (χ0) is 33.0. The summed E-state index contributed by atoms with van der Waals surface area (Å²) in [6.07, 6.45) is 13.4. The van der Waals surface area contributed by atoms with E-state index in [4.69, 9.17) is 0 Å². The van der Waals surface area contributed by atoms with Crippen LogP contribution in [0.25, 0.3) is 69.9 Å². The predicted molar refractivity (Wildman–Crippen MR) is 216 cm³/mol. The van der Waals surface area contributed by atoms with E-state index in [1.807, 2.05) is 11.3 Å². The highest BCUT2D eigenvalue weighted by atomic mass is 32.1. The second kappa shape index (κ2) is 12.6. The van der Waals surface area contributed by atoms with Crippen molar-refractivity contribution in [3.05, 3.63) is 139 Å². The van der Waals surface area contributed by atoms with E-state index in [0.717, 1.165) is 0 Å². The Hall–Kier alpha value is -4.66. The smallest absolute Gasteiger partial charge is 0.0544 e. The fraction of sp³-hybridized carbons (Fsp3) is 0.250. The number of fused-ring (bicyclic) bond motifs is 6. The molecule has 2 aliphatic carbocycles. The van der Waals surface area contributed by atoms with Gasteiger partial charge in [-0.05, 0) is 102 Å². The molecule has 0 spiro atoms. The van der Waals surface area contributed by atoms with E-state index >= 15 is 0 Å². The van der Waals surface area contributed by atoms with Crippen LogP contribution in [0.5, 0.6) is 0 Å². The third kappa shape index (κ3) is 5.11. The first-order chi connectivity index (χ1) is 24.8. The topological polar surface area (TPSA) is 4.93 Å². The SMILES string of the molecule is c1cc(-c2ccccc2-n2c3cc(C4CCCCC4)ccc3c3ccc(C4CCCCC4)cc32)cc(-c2cccc3sc4ccccc4c23)c1. The molecule has 2 aromatic heterocycles. The van der Waals surface area contributed by atoms with Crippen molar-refractivity contribution in [1.29, 1.82) is 0 Å². The Morgan fingerprint density at radius 1 is 0.440 bits per heavy atom. The van der Waals surface area contributed by atoms with Crippen molar-refractivity contribution >= 4 is 53.3 Å². The van der Waals surface area contributed by atoms with Crippen molar-refractivity contribution in [2.24, 2.45) is 0 Å². The number of para-hydroxylation sites is 1. The van der Waals surface area contributed by atoms with Gasteiger partial charge in [0.05, 0.1) is 16.7 Å². The Bertz CT molecular complexity index is 2440. The van der Waals surface area contributed by atoms with Gasteiger partial charge >= 0.3 is 0 Å². The average molecular weight is 666 g/mol. The maximum Gasteiger partial charge on any atom is 0.0544 e. The average Bonchev–Trinajstić information content (AvgIpc) is 3.74. The number of aromatic nitrogens is 1. The lowest BCUT2D eigenvalue weighted by atomic mass is 9.83. The Morgan fingerprint density at radius 3 is 1.70 bits per heavy atom. The summed E-state index contributed by atoms with van der Waals surface area (Å²) in [5.74, 6) is 1.33. The molecule has 50 heavy (non-hydrogen) atoms. The van der Waals surface area contributed by atoms with Crippen LogP contribution in [-0.4, -0.2) is 4.57 Å². The molecule has 8 aromatic rings. The van der Waals surface area contributed by atoms with E-state index < -0.39 is 0 Å². The van der Waals surface area contributed by atoms with E-state index in [1.54, 1.807) is 0 Å². The zero-order valence-electron chi connectivity index (χ0n) is 28.7. The number of benzene rings is 6. The summed E-state index contributed by atoms with van der Waals surface area (Å²) in [5.41, 5.74) is 12.1. The van der Waals surface area contributed by atoms with Crippen LogP contribution in [0.2, 0.25) is 0 Å². The molecule has 246 valence electrons. The molecule has 0 saturated heterocycles. The maximum atomic E-state index is 2.62. The van der Waals surface area contributed by atoms with Gasteiger partial charge in [0.25, 0.3) is 0 Å². The first-order valence-electron chi connectivity index (χ1n) is 19.0. The van der Waals surface area contributed by atoms with Crippen LogP contribution in [0.4, 0.5) is 0 Å². The summed E-state index contributed by atoms with van der Waals surface area (Å²) in [6.45, 7) is 0. The lowest BCUT2D eigenvalue weighted by molar-refractivity contribution is 0.444. The van der Waals surface area contributed by atoms with Crippen molar-refractivity contribution < 1.29 is 0 Å². The van der Waals surface area contributed by atoms with E-state index in [0.29, 0.717) is 11.8 Å². The third-order valence-corrected chi connectivity index (χ3v) is 13.1. The maximum absolute atomic E-state index is 2.62. The van der Waals surface area contributed by atoms with Gasteiger partial charge in [0.1, 0.15) is 0 Å².